The molecule has 1 fully saturated rings. The van der Waals surface area contributed by atoms with Gasteiger partial charge in [0.05, 0.1) is 5.56 Å². The highest BCUT2D eigenvalue weighted by Gasteiger charge is 2.25. The molecule has 1 amide bonds. The van der Waals surface area contributed by atoms with Crippen molar-refractivity contribution >= 4 is 17.4 Å². The van der Waals surface area contributed by atoms with Gasteiger partial charge in [-0.15, -0.1) is 0 Å². The molecule has 2 aromatic rings. The lowest BCUT2D eigenvalue weighted by Crippen LogP contribution is -2.42. The monoisotopic (exact) mass is 321 g/mol. The third kappa shape index (κ3) is 2.66. The molecular formula is C20H23N3O. The Morgan fingerprint density at radius 2 is 2.00 bits per heavy atom. The number of likely N-dealkylation sites (tertiary alicyclic amines) is 1. The van der Waals surface area contributed by atoms with Crippen LogP contribution in [0.3, 0.4) is 0 Å². The fourth-order valence-electron chi connectivity index (χ4n) is 3.81. The van der Waals surface area contributed by atoms with Crippen LogP contribution in [0.1, 0.15) is 42.1 Å². The lowest BCUT2D eigenvalue weighted by molar-refractivity contribution is 0.0635. The van der Waals surface area contributed by atoms with E-state index in [0.29, 0.717) is 11.6 Å². The normalized spacial score (nSPS) is 20.1. The quantitative estimate of drug-likeness (QED) is 0.844. The Hall–Kier alpha value is -2.36. The third-order valence-electron chi connectivity index (χ3n) is 5.22. The highest BCUT2D eigenvalue weighted by molar-refractivity contribution is 5.94. The van der Waals surface area contributed by atoms with Gasteiger partial charge in [-0.3, -0.25) is 4.79 Å². The largest absolute Gasteiger partial charge is 0.336 e. The molecule has 4 nitrogen and oxygen atoms in total. The number of carbonyl (C=O) groups is 1. The summed E-state index contributed by atoms with van der Waals surface area (Å²) in [5, 5.41) is 0. The van der Waals surface area contributed by atoms with Gasteiger partial charge in [-0.2, -0.15) is 0 Å². The number of hydrogen-bond donors (Lipinski definition) is 0. The number of fused-ring (bicyclic) bond motifs is 1. The van der Waals surface area contributed by atoms with E-state index in [4.69, 9.17) is 0 Å². The van der Waals surface area contributed by atoms with Crippen LogP contribution in [0.2, 0.25) is 0 Å². The Labute approximate surface area is 143 Å². The third-order valence-corrected chi connectivity index (χ3v) is 5.22. The van der Waals surface area contributed by atoms with Crippen LogP contribution in [0.25, 0.3) is 0 Å². The molecule has 0 aliphatic carbocycles. The highest BCUT2D eigenvalue weighted by Crippen LogP contribution is 2.33. The van der Waals surface area contributed by atoms with E-state index in [9.17, 15) is 4.79 Å². The van der Waals surface area contributed by atoms with E-state index in [1.807, 2.05) is 17.0 Å². The SMILES string of the molecule is CC1CCCCN1C(=O)c1ccc(N2CCc3ccccc32)nc1. The highest BCUT2D eigenvalue weighted by atomic mass is 16.2. The van der Waals surface area contributed by atoms with Gasteiger partial charge in [-0.05, 0) is 56.4 Å². The molecule has 0 N–H and O–H groups in total. The van der Waals surface area contributed by atoms with Crippen molar-refractivity contribution in [1.82, 2.24) is 9.88 Å². The molecule has 0 radical (unpaired) electrons. The van der Waals surface area contributed by atoms with Crippen LogP contribution in [0.15, 0.2) is 42.6 Å². The molecule has 0 saturated carbocycles. The van der Waals surface area contributed by atoms with Crippen LogP contribution in [-0.2, 0) is 6.42 Å². The van der Waals surface area contributed by atoms with Crippen LogP contribution in [0.4, 0.5) is 11.5 Å². The number of benzene rings is 1. The van der Waals surface area contributed by atoms with Crippen molar-refractivity contribution < 1.29 is 4.79 Å². The number of amides is 1. The molecule has 2 aliphatic rings. The number of aromatic nitrogens is 1. The number of rotatable bonds is 2. The fourth-order valence-corrected chi connectivity index (χ4v) is 3.81. The maximum atomic E-state index is 12.7. The summed E-state index contributed by atoms with van der Waals surface area (Å²) in [4.78, 5) is 21.5. The Morgan fingerprint density at radius 1 is 1.12 bits per heavy atom. The molecule has 3 heterocycles. The average Bonchev–Trinajstić information content (AvgIpc) is 3.06. The average molecular weight is 321 g/mol. The number of nitrogens with zero attached hydrogens (tertiary/aromatic N) is 3. The molecule has 1 aromatic carbocycles. The molecule has 1 aromatic heterocycles. The van der Waals surface area contributed by atoms with Crippen LogP contribution < -0.4 is 4.90 Å². The van der Waals surface area contributed by atoms with Gasteiger partial charge < -0.3 is 9.80 Å². The summed E-state index contributed by atoms with van der Waals surface area (Å²) in [6, 6.07) is 12.7. The van der Waals surface area contributed by atoms with Gasteiger partial charge >= 0.3 is 0 Å². The minimum atomic E-state index is 0.114. The lowest BCUT2D eigenvalue weighted by Gasteiger charge is -2.33. The van der Waals surface area contributed by atoms with E-state index >= 15 is 0 Å². The number of hydrogen-bond acceptors (Lipinski definition) is 3. The minimum Gasteiger partial charge on any atom is -0.336 e. The molecule has 0 bridgehead atoms. The van der Waals surface area contributed by atoms with E-state index in [0.717, 1.165) is 38.2 Å². The number of piperidine rings is 1. The van der Waals surface area contributed by atoms with E-state index < -0.39 is 0 Å². The molecule has 1 saturated heterocycles. The first-order valence-electron chi connectivity index (χ1n) is 8.86. The zero-order valence-electron chi connectivity index (χ0n) is 14.1. The zero-order valence-corrected chi connectivity index (χ0v) is 14.1. The van der Waals surface area contributed by atoms with Gasteiger partial charge in [0.25, 0.3) is 5.91 Å². The standard InChI is InChI=1S/C20H23N3O/c1-15-6-4-5-12-22(15)20(24)17-9-10-19(21-14-17)23-13-11-16-7-2-3-8-18(16)23/h2-3,7-10,14-15H,4-6,11-13H2,1H3. The Morgan fingerprint density at radius 3 is 2.79 bits per heavy atom. The first-order chi connectivity index (χ1) is 11.7. The summed E-state index contributed by atoms with van der Waals surface area (Å²) in [6.07, 6.45) is 6.20. The topological polar surface area (TPSA) is 36.4 Å². The molecular weight excluding hydrogens is 298 g/mol. The van der Waals surface area contributed by atoms with Crippen LogP contribution >= 0.6 is 0 Å². The number of para-hydroxylation sites is 1. The molecule has 4 heteroatoms. The maximum absolute atomic E-state index is 12.7. The lowest BCUT2D eigenvalue weighted by atomic mass is 10.0. The summed E-state index contributed by atoms with van der Waals surface area (Å²) >= 11 is 0. The van der Waals surface area contributed by atoms with Gasteiger partial charge in [-0.25, -0.2) is 4.98 Å². The Kier molecular flexibility index (Phi) is 3.97. The van der Waals surface area contributed by atoms with Crippen molar-refractivity contribution in [3.8, 4) is 0 Å². The first kappa shape index (κ1) is 15.2. The van der Waals surface area contributed by atoms with E-state index in [1.54, 1.807) is 6.20 Å². The maximum Gasteiger partial charge on any atom is 0.255 e. The molecule has 2 aliphatic heterocycles. The van der Waals surface area contributed by atoms with Crippen LogP contribution in [0.5, 0.6) is 0 Å². The van der Waals surface area contributed by atoms with E-state index in [1.165, 1.54) is 17.7 Å². The first-order valence-corrected chi connectivity index (χ1v) is 8.86. The van der Waals surface area contributed by atoms with Gasteiger partial charge in [-0.1, -0.05) is 18.2 Å². The van der Waals surface area contributed by atoms with Gasteiger partial charge in [0, 0.05) is 31.0 Å². The van der Waals surface area contributed by atoms with Crippen LogP contribution in [-0.4, -0.2) is 34.9 Å². The van der Waals surface area contributed by atoms with Crippen molar-refractivity contribution in [3.63, 3.8) is 0 Å². The predicted octanol–water partition coefficient (Wildman–Crippen LogP) is 3.79. The van der Waals surface area contributed by atoms with Crippen molar-refractivity contribution in [2.45, 2.75) is 38.6 Å². The second kappa shape index (κ2) is 6.27. The van der Waals surface area contributed by atoms with Gasteiger partial charge in [0.15, 0.2) is 0 Å². The summed E-state index contributed by atoms with van der Waals surface area (Å²) in [6.45, 7) is 3.95. The Balaban J connectivity index is 1.54. The second-order valence-electron chi connectivity index (χ2n) is 6.78. The number of carbonyl (C=O) groups excluding carboxylic acids is 1. The number of pyridine rings is 1. The van der Waals surface area contributed by atoms with Crippen molar-refractivity contribution in [2.75, 3.05) is 18.0 Å². The zero-order chi connectivity index (χ0) is 16.5. The molecule has 124 valence electrons. The summed E-state index contributed by atoms with van der Waals surface area (Å²) in [7, 11) is 0. The summed E-state index contributed by atoms with van der Waals surface area (Å²) < 4.78 is 0. The Bertz CT molecular complexity index is 741. The van der Waals surface area contributed by atoms with Gasteiger partial charge in [0.2, 0.25) is 0 Å². The molecule has 1 atom stereocenters. The second-order valence-corrected chi connectivity index (χ2v) is 6.78. The summed E-state index contributed by atoms with van der Waals surface area (Å²) in [5.74, 6) is 1.03. The fraction of sp³-hybridized carbons (Fsp3) is 0.400. The minimum absolute atomic E-state index is 0.114. The van der Waals surface area contributed by atoms with Gasteiger partial charge in [0.1, 0.15) is 5.82 Å². The molecule has 0 spiro atoms. The van der Waals surface area contributed by atoms with Crippen molar-refractivity contribution in [1.29, 1.82) is 0 Å². The summed E-state index contributed by atoms with van der Waals surface area (Å²) in [5.41, 5.74) is 3.29. The molecule has 24 heavy (non-hydrogen) atoms. The van der Waals surface area contributed by atoms with Crippen molar-refractivity contribution in [2.24, 2.45) is 0 Å². The van der Waals surface area contributed by atoms with E-state index in [2.05, 4.69) is 41.1 Å². The predicted molar refractivity (Wildman–Crippen MR) is 95.7 cm³/mol. The molecule has 1 unspecified atom stereocenters. The van der Waals surface area contributed by atoms with Crippen molar-refractivity contribution in [3.05, 3.63) is 53.7 Å². The van der Waals surface area contributed by atoms with E-state index in [-0.39, 0.29) is 5.91 Å². The number of anilines is 2. The molecule has 4 rings (SSSR count). The van der Waals surface area contributed by atoms with Crippen LogP contribution in [0, 0.1) is 0 Å². The smallest absolute Gasteiger partial charge is 0.255 e.